The lowest BCUT2D eigenvalue weighted by atomic mass is 9.90. The van der Waals surface area contributed by atoms with Crippen LogP contribution in [0.1, 0.15) is 36.8 Å². The average Bonchev–Trinajstić information content (AvgIpc) is 2.77. The Hall–Kier alpha value is -0.630. The maximum Gasteiger partial charge on any atom is 0.122 e. The fourth-order valence-electron chi connectivity index (χ4n) is 2.67. The summed E-state index contributed by atoms with van der Waals surface area (Å²) in [6, 6.07) is 6.38. The third kappa shape index (κ3) is 2.98. The zero-order chi connectivity index (χ0) is 12.3. The fraction of sp³-hybridized carbons (Fsp3) is 0.600. The Labute approximate surface area is 110 Å². The second-order valence-corrected chi connectivity index (χ2v) is 5.74. The van der Waals surface area contributed by atoms with Crippen LogP contribution in [0, 0.1) is 19.3 Å². The second kappa shape index (κ2) is 5.34. The smallest absolute Gasteiger partial charge is 0.122 e. The van der Waals surface area contributed by atoms with Crippen LogP contribution < -0.4 is 4.74 Å². The van der Waals surface area contributed by atoms with E-state index in [4.69, 9.17) is 4.74 Å². The minimum Gasteiger partial charge on any atom is -0.493 e. The molecule has 0 aliphatic heterocycles. The molecule has 0 amide bonds. The second-order valence-electron chi connectivity index (χ2n) is 5.42. The number of benzene rings is 1. The Morgan fingerprint density at radius 1 is 1.24 bits per heavy atom. The first-order valence-electron chi connectivity index (χ1n) is 6.46. The predicted octanol–water partition coefficient (Wildman–Crippen LogP) is 4.17. The van der Waals surface area contributed by atoms with Crippen molar-refractivity contribution in [2.24, 2.45) is 5.41 Å². The summed E-state index contributed by atoms with van der Waals surface area (Å²) in [6.07, 6.45) is 5.19. The average molecular weight is 250 g/mol. The molecule has 0 aromatic heterocycles. The molecule has 17 heavy (non-hydrogen) atoms. The minimum absolute atomic E-state index is 0.320. The van der Waals surface area contributed by atoms with E-state index in [0.29, 0.717) is 5.41 Å². The van der Waals surface area contributed by atoms with E-state index >= 15 is 0 Å². The molecular formula is C15H22OS. The van der Waals surface area contributed by atoms with Crippen LogP contribution in [0.25, 0.3) is 0 Å². The summed E-state index contributed by atoms with van der Waals surface area (Å²) in [6.45, 7) is 5.05. The Bertz CT molecular complexity index is 381. The van der Waals surface area contributed by atoms with Crippen LogP contribution in [-0.2, 0) is 0 Å². The summed E-state index contributed by atoms with van der Waals surface area (Å²) in [5.41, 5.74) is 2.84. The van der Waals surface area contributed by atoms with Gasteiger partial charge in [0.2, 0.25) is 0 Å². The summed E-state index contributed by atoms with van der Waals surface area (Å²) in [7, 11) is 0. The van der Waals surface area contributed by atoms with Gasteiger partial charge in [-0.1, -0.05) is 30.5 Å². The topological polar surface area (TPSA) is 9.23 Å². The molecular weight excluding hydrogens is 228 g/mol. The highest BCUT2D eigenvalue weighted by Crippen LogP contribution is 2.39. The highest BCUT2D eigenvalue weighted by molar-refractivity contribution is 7.80. The van der Waals surface area contributed by atoms with Crippen molar-refractivity contribution in [2.45, 2.75) is 39.5 Å². The van der Waals surface area contributed by atoms with Gasteiger partial charge in [0.15, 0.2) is 0 Å². The number of hydrogen-bond acceptors (Lipinski definition) is 2. The van der Waals surface area contributed by atoms with Gasteiger partial charge in [0, 0.05) is 5.41 Å². The maximum atomic E-state index is 6.02. The monoisotopic (exact) mass is 250 g/mol. The van der Waals surface area contributed by atoms with Crippen molar-refractivity contribution in [1.82, 2.24) is 0 Å². The fourth-order valence-corrected chi connectivity index (χ4v) is 3.07. The molecule has 0 bridgehead atoms. The van der Waals surface area contributed by atoms with Crippen LogP contribution in [0.3, 0.4) is 0 Å². The van der Waals surface area contributed by atoms with E-state index in [1.54, 1.807) is 0 Å². The lowest BCUT2D eigenvalue weighted by molar-refractivity contribution is 0.172. The van der Waals surface area contributed by atoms with Crippen molar-refractivity contribution in [2.75, 3.05) is 12.4 Å². The molecule has 1 fully saturated rings. The van der Waals surface area contributed by atoms with Gasteiger partial charge < -0.3 is 4.74 Å². The molecule has 0 heterocycles. The SMILES string of the molecule is Cc1ccc(OCC2(CS)CCCC2)c(C)c1. The summed E-state index contributed by atoms with van der Waals surface area (Å²) in [5, 5.41) is 0. The van der Waals surface area contributed by atoms with Crippen LogP contribution in [0.5, 0.6) is 5.75 Å². The van der Waals surface area contributed by atoms with E-state index in [0.717, 1.165) is 18.1 Å². The highest BCUT2D eigenvalue weighted by atomic mass is 32.1. The number of hydrogen-bond donors (Lipinski definition) is 1. The van der Waals surface area contributed by atoms with Crippen molar-refractivity contribution in [3.8, 4) is 5.75 Å². The first kappa shape index (κ1) is 12.8. The third-order valence-corrected chi connectivity index (χ3v) is 4.53. The lowest BCUT2D eigenvalue weighted by Crippen LogP contribution is -2.27. The van der Waals surface area contributed by atoms with Crippen molar-refractivity contribution in [1.29, 1.82) is 0 Å². The van der Waals surface area contributed by atoms with Crippen molar-refractivity contribution in [3.63, 3.8) is 0 Å². The molecule has 2 heteroatoms. The molecule has 0 spiro atoms. The third-order valence-electron chi connectivity index (χ3n) is 3.86. The first-order valence-corrected chi connectivity index (χ1v) is 7.09. The Kier molecular flexibility index (Phi) is 4.03. The van der Waals surface area contributed by atoms with E-state index < -0.39 is 0 Å². The molecule has 0 radical (unpaired) electrons. The Morgan fingerprint density at radius 3 is 2.53 bits per heavy atom. The van der Waals surface area contributed by atoms with Gasteiger partial charge in [0.1, 0.15) is 5.75 Å². The number of rotatable bonds is 4. The van der Waals surface area contributed by atoms with Crippen LogP contribution in [0.15, 0.2) is 18.2 Å². The van der Waals surface area contributed by atoms with Crippen LogP contribution >= 0.6 is 12.6 Å². The van der Waals surface area contributed by atoms with Crippen LogP contribution in [0.2, 0.25) is 0 Å². The van der Waals surface area contributed by atoms with E-state index in [9.17, 15) is 0 Å². The molecule has 0 unspecified atom stereocenters. The quantitative estimate of drug-likeness (QED) is 0.789. The standard InChI is InChI=1S/C15H22OS/c1-12-5-6-14(13(2)9-12)16-10-15(11-17)7-3-4-8-15/h5-6,9,17H,3-4,7-8,10-11H2,1-2H3. The molecule has 1 aromatic carbocycles. The molecule has 1 aliphatic rings. The van der Waals surface area contributed by atoms with Gasteiger partial charge in [-0.05, 0) is 44.1 Å². The van der Waals surface area contributed by atoms with E-state index in [1.807, 2.05) is 0 Å². The van der Waals surface area contributed by atoms with Crippen molar-refractivity contribution < 1.29 is 4.74 Å². The summed E-state index contributed by atoms with van der Waals surface area (Å²) in [4.78, 5) is 0. The van der Waals surface area contributed by atoms with Crippen LogP contribution in [0.4, 0.5) is 0 Å². The molecule has 2 rings (SSSR count). The van der Waals surface area contributed by atoms with E-state index in [1.165, 1.54) is 36.8 Å². The molecule has 1 saturated carbocycles. The summed E-state index contributed by atoms with van der Waals surface area (Å²) >= 11 is 4.51. The largest absolute Gasteiger partial charge is 0.493 e. The molecule has 94 valence electrons. The zero-order valence-electron chi connectivity index (χ0n) is 10.8. The molecule has 1 nitrogen and oxygen atoms in total. The summed E-state index contributed by atoms with van der Waals surface area (Å²) < 4.78 is 6.02. The van der Waals surface area contributed by atoms with Gasteiger partial charge in [0.25, 0.3) is 0 Å². The van der Waals surface area contributed by atoms with Crippen molar-refractivity contribution >= 4 is 12.6 Å². The first-order chi connectivity index (χ1) is 8.15. The molecule has 0 atom stereocenters. The molecule has 1 aromatic rings. The van der Waals surface area contributed by atoms with Crippen LogP contribution in [-0.4, -0.2) is 12.4 Å². The molecule has 0 N–H and O–H groups in total. The van der Waals surface area contributed by atoms with Crippen molar-refractivity contribution in [3.05, 3.63) is 29.3 Å². The van der Waals surface area contributed by atoms with Gasteiger partial charge >= 0.3 is 0 Å². The molecule has 1 aliphatic carbocycles. The lowest BCUT2D eigenvalue weighted by Gasteiger charge is -2.27. The zero-order valence-corrected chi connectivity index (χ0v) is 11.7. The summed E-state index contributed by atoms with van der Waals surface area (Å²) in [5.74, 6) is 1.97. The normalized spacial score (nSPS) is 18.3. The predicted molar refractivity (Wildman–Crippen MR) is 76.2 cm³/mol. The van der Waals surface area contributed by atoms with Gasteiger partial charge in [0.05, 0.1) is 6.61 Å². The maximum absolute atomic E-state index is 6.02. The van der Waals surface area contributed by atoms with Gasteiger partial charge in [-0.3, -0.25) is 0 Å². The highest BCUT2D eigenvalue weighted by Gasteiger charge is 2.33. The minimum atomic E-state index is 0.320. The number of thiol groups is 1. The Morgan fingerprint density at radius 2 is 1.94 bits per heavy atom. The van der Waals surface area contributed by atoms with Gasteiger partial charge in [-0.2, -0.15) is 12.6 Å². The number of ether oxygens (including phenoxy) is 1. The van der Waals surface area contributed by atoms with E-state index in [-0.39, 0.29) is 0 Å². The molecule has 0 saturated heterocycles. The van der Waals surface area contributed by atoms with Gasteiger partial charge in [-0.15, -0.1) is 0 Å². The van der Waals surface area contributed by atoms with E-state index in [2.05, 4.69) is 44.7 Å². The number of aryl methyl sites for hydroxylation is 2. The van der Waals surface area contributed by atoms with Gasteiger partial charge in [-0.25, -0.2) is 0 Å². The Balaban J connectivity index is 2.01.